The second-order valence-electron chi connectivity index (χ2n) is 5.51. The van der Waals surface area contributed by atoms with Gasteiger partial charge in [0.25, 0.3) is 5.91 Å². The Morgan fingerprint density at radius 1 is 1.14 bits per heavy atom. The summed E-state index contributed by atoms with van der Waals surface area (Å²) in [6.07, 6.45) is 0.515. The molecule has 0 aromatic heterocycles. The van der Waals surface area contributed by atoms with Gasteiger partial charge >= 0.3 is 0 Å². The molecule has 0 unspecified atom stereocenters. The molecule has 1 aliphatic heterocycles. The van der Waals surface area contributed by atoms with Gasteiger partial charge in [-0.05, 0) is 30.2 Å². The van der Waals surface area contributed by atoms with Gasteiger partial charge in [0.2, 0.25) is 5.91 Å². The third-order valence-corrected chi connectivity index (χ3v) is 3.85. The van der Waals surface area contributed by atoms with E-state index >= 15 is 0 Å². The molecule has 1 atom stereocenters. The van der Waals surface area contributed by atoms with E-state index in [0.29, 0.717) is 13.0 Å². The molecule has 4 heteroatoms. The molecule has 2 aromatic carbocycles. The minimum atomic E-state index is -0.567. The maximum absolute atomic E-state index is 12.7. The molecule has 0 radical (unpaired) electrons. The first-order chi connectivity index (χ1) is 10.6. The average Bonchev–Trinajstić information content (AvgIpc) is 2.51. The summed E-state index contributed by atoms with van der Waals surface area (Å²) in [5.41, 5.74) is 2.66. The third-order valence-electron chi connectivity index (χ3n) is 3.85. The van der Waals surface area contributed by atoms with Crippen molar-refractivity contribution in [1.82, 2.24) is 4.90 Å². The van der Waals surface area contributed by atoms with E-state index in [1.807, 2.05) is 61.5 Å². The van der Waals surface area contributed by atoms with E-state index in [1.165, 1.54) is 0 Å². The highest BCUT2D eigenvalue weighted by molar-refractivity contribution is 5.99. The molecule has 1 aliphatic rings. The van der Waals surface area contributed by atoms with Crippen molar-refractivity contribution >= 4 is 17.5 Å². The Kier molecular flexibility index (Phi) is 3.92. The molecule has 0 saturated carbocycles. The molecule has 0 spiro atoms. The quantitative estimate of drug-likeness (QED) is 0.881. The van der Waals surface area contributed by atoms with Crippen LogP contribution in [0.3, 0.4) is 0 Å². The fourth-order valence-corrected chi connectivity index (χ4v) is 2.65. The zero-order chi connectivity index (χ0) is 15.5. The van der Waals surface area contributed by atoms with Gasteiger partial charge in [-0.3, -0.25) is 9.59 Å². The highest BCUT2D eigenvalue weighted by Gasteiger charge is 2.36. The van der Waals surface area contributed by atoms with Crippen LogP contribution < -0.4 is 5.32 Å². The topological polar surface area (TPSA) is 49.4 Å². The lowest BCUT2D eigenvalue weighted by atomic mass is 10.00. The maximum atomic E-state index is 12.7. The predicted molar refractivity (Wildman–Crippen MR) is 85.3 cm³/mol. The minimum Gasteiger partial charge on any atom is -0.326 e. The lowest BCUT2D eigenvalue weighted by Crippen LogP contribution is -2.49. The number of carbonyl (C=O) groups excluding carboxylic acids is 2. The zero-order valence-corrected chi connectivity index (χ0v) is 12.5. The summed E-state index contributed by atoms with van der Waals surface area (Å²) in [4.78, 5) is 26.1. The number of nitrogens with zero attached hydrogens (tertiary/aromatic N) is 1. The van der Waals surface area contributed by atoms with Crippen LogP contribution in [0.1, 0.15) is 23.6 Å². The number of anilines is 1. The van der Waals surface area contributed by atoms with Crippen LogP contribution in [0.25, 0.3) is 0 Å². The second-order valence-corrected chi connectivity index (χ2v) is 5.51. The van der Waals surface area contributed by atoms with E-state index in [-0.39, 0.29) is 11.8 Å². The summed E-state index contributed by atoms with van der Waals surface area (Å²) in [6.45, 7) is 2.60. The normalized spacial score (nSPS) is 15.1. The van der Waals surface area contributed by atoms with E-state index in [2.05, 4.69) is 5.32 Å². The summed E-state index contributed by atoms with van der Waals surface area (Å²) in [5, 5.41) is 2.92. The molecule has 1 heterocycles. The number of hydrogen-bond acceptors (Lipinski definition) is 2. The standard InChI is InChI=1S/C18H18N2O2/c1-13-6-5-9-15(12-13)19-18(22)17(20-11-10-16(20)21)14-7-3-2-4-8-14/h2-9,12,17H,10-11H2,1H3,(H,19,22)/t17-/m1/s1. The number of likely N-dealkylation sites (tertiary alicyclic amines) is 1. The highest BCUT2D eigenvalue weighted by atomic mass is 16.2. The summed E-state index contributed by atoms with van der Waals surface area (Å²) < 4.78 is 0. The van der Waals surface area contributed by atoms with E-state index < -0.39 is 6.04 Å². The van der Waals surface area contributed by atoms with Gasteiger partial charge in [0.15, 0.2) is 0 Å². The van der Waals surface area contributed by atoms with Crippen molar-refractivity contribution in [2.24, 2.45) is 0 Å². The maximum Gasteiger partial charge on any atom is 0.251 e. The fraction of sp³-hybridized carbons (Fsp3) is 0.222. The molecular formula is C18H18N2O2. The number of benzene rings is 2. The molecule has 112 valence electrons. The van der Waals surface area contributed by atoms with Crippen molar-refractivity contribution < 1.29 is 9.59 Å². The monoisotopic (exact) mass is 294 g/mol. The van der Waals surface area contributed by atoms with Gasteiger partial charge in [-0.15, -0.1) is 0 Å². The number of β-lactam (4-membered cyclic amide) rings is 1. The van der Waals surface area contributed by atoms with Crippen LogP contribution in [0.2, 0.25) is 0 Å². The highest BCUT2D eigenvalue weighted by Crippen LogP contribution is 2.28. The Hall–Kier alpha value is -2.62. The summed E-state index contributed by atoms with van der Waals surface area (Å²) in [5.74, 6) is -0.155. The first kappa shape index (κ1) is 14.3. The Morgan fingerprint density at radius 2 is 1.91 bits per heavy atom. The molecule has 22 heavy (non-hydrogen) atoms. The molecule has 2 amide bonds. The first-order valence-corrected chi connectivity index (χ1v) is 7.37. The predicted octanol–water partition coefficient (Wildman–Crippen LogP) is 2.91. The van der Waals surface area contributed by atoms with Gasteiger partial charge in [0.05, 0.1) is 0 Å². The van der Waals surface area contributed by atoms with Crippen LogP contribution in [0.4, 0.5) is 5.69 Å². The minimum absolute atomic E-state index is 0.0215. The van der Waals surface area contributed by atoms with Crippen molar-refractivity contribution in [3.63, 3.8) is 0 Å². The van der Waals surface area contributed by atoms with Gasteiger partial charge < -0.3 is 10.2 Å². The molecule has 1 saturated heterocycles. The fourth-order valence-electron chi connectivity index (χ4n) is 2.65. The third kappa shape index (κ3) is 2.86. The Morgan fingerprint density at radius 3 is 2.50 bits per heavy atom. The lowest BCUT2D eigenvalue weighted by molar-refractivity contribution is -0.147. The number of hydrogen-bond donors (Lipinski definition) is 1. The van der Waals surface area contributed by atoms with Crippen molar-refractivity contribution in [3.05, 3.63) is 65.7 Å². The second kappa shape index (κ2) is 6.02. The van der Waals surface area contributed by atoms with Crippen molar-refractivity contribution in [3.8, 4) is 0 Å². The van der Waals surface area contributed by atoms with Gasteiger partial charge in [0.1, 0.15) is 6.04 Å². The molecule has 3 rings (SSSR count). The van der Waals surface area contributed by atoms with Gasteiger partial charge in [-0.1, -0.05) is 42.5 Å². The SMILES string of the molecule is Cc1cccc(NC(=O)[C@@H](c2ccccc2)N2CCC2=O)c1. The molecule has 2 aromatic rings. The molecule has 4 nitrogen and oxygen atoms in total. The van der Waals surface area contributed by atoms with Crippen molar-refractivity contribution in [2.45, 2.75) is 19.4 Å². The van der Waals surface area contributed by atoms with Crippen LogP contribution >= 0.6 is 0 Å². The van der Waals surface area contributed by atoms with Crippen LogP contribution in [0.15, 0.2) is 54.6 Å². The van der Waals surface area contributed by atoms with Gasteiger partial charge in [0, 0.05) is 18.7 Å². The van der Waals surface area contributed by atoms with Crippen LogP contribution in [-0.4, -0.2) is 23.3 Å². The van der Waals surface area contributed by atoms with E-state index in [1.54, 1.807) is 4.90 Å². The summed E-state index contributed by atoms with van der Waals surface area (Å²) >= 11 is 0. The van der Waals surface area contributed by atoms with Crippen molar-refractivity contribution in [1.29, 1.82) is 0 Å². The van der Waals surface area contributed by atoms with E-state index in [9.17, 15) is 9.59 Å². The average molecular weight is 294 g/mol. The largest absolute Gasteiger partial charge is 0.326 e. The van der Waals surface area contributed by atoms with Gasteiger partial charge in [-0.25, -0.2) is 0 Å². The molecule has 1 N–H and O–H groups in total. The van der Waals surface area contributed by atoms with E-state index in [4.69, 9.17) is 0 Å². The summed E-state index contributed by atoms with van der Waals surface area (Å²) in [6, 6.07) is 16.5. The van der Waals surface area contributed by atoms with Crippen LogP contribution in [-0.2, 0) is 9.59 Å². The molecule has 0 aliphatic carbocycles. The Balaban J connectivity index is 1.85. The summed E-state index contributed by atoms with van der Waals surface area (Å²) in [7, 11) is 0. The number of carbonyl (C=O) groups is 2. The molecule has 0 bridgehead atoms. The van der Waals surface area contributed by atoms with Crippen molar-refractivity contribution in [2.75, 3.05) is 11.9 Å². The number of aryl methyl sites for hydroxylation is 1. The van der Waals surface area contributed by atoms with Gasteiger partial charge in [-0.2, -0.15) is 0 Å². The van der Waals surface area contributed by atoms with Crippen LogP contribution in [0.5, 0.6) is 0 Å². The van der Waals surface area contributed by atoms with E-state index in [0.717, 1.165) is 16.8 Å². The molecular weight excluding hydrogens is 276 g/mol. The Bertz CT molecular complexity index is 697. The number of nitrogens with one attached hydrogen (secondary N) is 1. The Labute approximate surface area is 129 Å². The lowest BCUT2D eigenvalue weighted by Gasteiger charge is -2.37. The van der Waals surface area contributed by atoms with Crippen LogP contribution in [0, 0.1) is 6.92 Å². The molecule has 1 fully saturated rings. The number of rotatable bonds is 4. The zero-order valence-electron chi connectivity index (χ0n) is 12.5. The first-order valence-electron chi connectivity index (χ1n) is 7.37. The smallest absolute Gasteiger partial charge is 0.251 e. The number of amides is 2.